The average molecular weight is 337 g/mol. The highest BCUT2D eigenvalue weighted by Gasteiger charge is 2.16. The molecule has 0 fully saturated rings. The second-order valence-electron chi connectivity index (χ2n) is 4.33. The van der Waals surface area contributed by atoms with Crippen molar-refractivity contribution in [3.05, 3.63) is 62.6 Å². The lowest BCUT2D eigenvalue weighted by Crippen LogP contribution is -2.04. The third-order valence-electron chi connectivity index (χ3n) is 2.75. The van der Waals surface area contributed by atoms with Crippen LogP contribution in [0.5, 0.6) is 11.5 Å². The van der Waals surface area contributed by atoms with Crippen LogP contribution in [0.1, 0.15) is 18.5 Å². The molecule has 0 amide bonds. The standard InChI is InChI=1S/C14H13BrN2O3/c1-9(16)10-2-5-12(6-3-10)20-14-7-4-11(15)8-13(14)17(18)19/h2-9H,16H2,1H3/t9-/m1/s1. The van der Waals surface area contributed by atoms with Crippen LogP contribution >= 0.6 is 15.9 Å². The molecule has 2 aromatic rings. The maximum Gasteiger partial charge on any atom is 0.312 e. The van der Waals surface area contributed by atoms with Gasteiger partial charge in [0.1, 0.15) is 5.75 Å². The van der Waals surface area contributed by atoms with Crippen LogP contribution < -0.4 is 10.5 Å². The lowest BCUT2D eigenvalue weighted by Gasteiger charge is -2.09. The van der Waals surface area contributed by atoms with Crippen LogP contribution in [0.2, 0.25) is 0 Å². The highest BCUT2D eigenvalue weighted by Crippen LogP contribution is 2.33. The van der Waals surface area contributed by atoms with Gasteiger partial charge < -0.3 is 10.5 Å². The number of halogens is 1. The molecule has 2 aromatic carbocycles. The first-order valence-corrected chi connectivity index (χ1v) is 6.74. The van der Waals surface area contributed by atoms with Gasteiger partial charge >= 0.3 is 5.69 Å². The summed E-state index contributed by atoms with van der Waals surface area (Å²) in [6.45, 7) is 1.88. The summed E-state index contributed by atoms with van der Waals surface area (Å²) < 4.78 is 6.19. The third kappa shape index (κ3) is 3.34. The molecule has 5 nitrogen and oxygen atoms in total. The number of nitrogens with zero attached hydrogens (tertiary/aromatic N) is 1. The molecule has 0 radical (unpaired) electrons. The van der Waals surface area contributed by atoms with Crippen LogP contribution in [0.15, 0.2) is 46.9 Å². The summed E-state index contributed by atoms with van der Waals surface area (Å²) in [6, 6.07) is 11.8. The Balaban J connectivity index is 2.28. The Hall–Kier alpha value is -1.92. The number of nitro groups is 1. The van der Waals surface area contributed by atoms with Gasteiger partial charge in [0.25, 0.3) is 0 Å². The predicted octanol–water partition coefficient (Wildman–Crippen LogP) is 4.17. The SMILES string of the molecule is C[C@@H](N)c1ccc(Oc2ccc(Br)cc2[N+](=O)[O-])cc1. The van der Waals surface area contributed by atoms with Crippen LogP contribution in [0.4, 0.5) is 5.69 Å². The summed E-state index contributed by atoms with van der Waals surface area (Å²) in [5.74, 6) is 0.728. The molecule has 0 bridgehead atoms. The van der Waals surface area contributed by atoms with E-state index in [0.717, 1.165) is 5.56 Å². The van der Waals surface area contributed by atoms with Gasteiger partial charge in [-0.1, -0.05) is 28.1 Å². The molecule has 0 aliphatic rings. The summed E-state index contributed by atoms with van der Waals surface area (Å²) in [4.78, 5) is 10.5. The highest BCUT2D eigenvalue weighted by molar-refractivity contribution is 9.10. The largest absolute Gasteiger partial charge is 0.450 e. The lowest BCUT2D eigenvalue weighted by molar-refractivity contribution is -0.385. The molecule has 0 saturated carbocycles. The Morgan fingerprint density at radius 2 is 1.90 bits per heavy atom. The molecule has 2 N–H and O–H groups in total. The number of ether oxygens (including phenoxy) is 1. The van der Waals surface area contributed by atoms with Crippen LogP contribution in [0.3, 0.4) is 0 Å². The van der Waals surface area contributed by atoms with Gasteiger partial charge in [0, 0.05) is 16.6 Å². The molecule has 0 heterocycles. The first-order valence-electron chi connectivity index (χ1n) is 5.94. The van der Waals surface area contributed by atoms with Crippen LogP contribution in [0.25, 0.3) is 0 Å². The molecule has 0 unspecified atom stereocenters. The molecular formula is C14H13BrN2O3. The quantitative estimate of drug-likeness (QED) is 0.671. The molecule has 20 heavy (non-hydrogen) atoms. The Bertz CT molecular complexity index is 627. The van der Waals surface area contributed by atoms with Gasteiger partial charge in [-0.2, -0.15) is 0 Å². The van der Waals surface area contributed by atoms with Gasteiger partial charge in [0.2, 0.25) is 5.75 Å². The fraction of sp³-hybridized carbons (Fsp3) is 0.143. The van der Waals surface area contributed by atoms with E-state index < -0.39 is 4.92 Å². The van der Waals surface area contributed by atoms with E-state index in [0.29, 0.717) is 10.2 Å². The average Bonchev–Trinajstić information content (AvgIpc) is 2.41. The van der Waals surface area contributed by atoms with Crippen molar-refractivity contribution in [2.75, 3.05) is 0 Å². The maximum atomic E-state index is 11.0. The number of rotatable bonds is 4. The Morgan fingerprint density at radius 1 is 1.25 bits per heavy atom. The predicted molar refractivity (Wildman–Crippen MR) is 79.9 cm³/mol. The number of nitro benzene ring substituents is 1. The van der Waals surface area contributed by atoms with Crippen molar-refractivity contribution in [2.24, 2.45) is 5.73 Å². The van der Waals surface area contributed by atoms with Gasteiger partial charge in [0.05, 0.1) is 4.92 Å². The van der Waals surface area contributed by atoms with Crippen LogP contribution in [-0.2, 0) is 0 Å². The Morgan fingerprint density at radius 3 is 2.45 bits per heavy atom. The monoisotopic (exact) mass is 336 g/mol. The number of benzene rings is 2. The van der Waals surface area contributed by atoms with Crippen molar-refractivity contribution in [3.8, 4) is 11.5 Å². The van der Waals surface area contributed by atoms with Crippen molar-refractivity contribution in [2.45, 2.75) is 13.0 Å². The Kier molecular flexibility index (Phi) is 4.36. The molecule has 0 saturated heterocycles. The van der Waals surface area contributed by atoms with E-state index in [2.05, 4.69) is 15.9 Å². The minimum atomic E-state index is -0.476. The van der Waals surface area contributed by atoms with E-state index in [1.165, 1.54) is 6.07 Å². The normalized spacial score (nSPS) is 11.9. The van der Waals surface area contributed by atoms with E-state index in [1.807, 2.05) is 19.1 Å². The minimum absolute atomic E-state index is 0.0638. The number of nitrogens with two attached hydrogens (primary N) is 1. The van der Waals surface area contributed by atoms with Gasteiger partial charge in [-0.15, -0.1) is 0 Å². The van der Waals surface area contributed by atoms with Gasteiger partial charge in [-0.3, -0.25) is 10.1 Å². The highest BCUT2D eigenvalue weighted by atomic mass is 79.9. The van der Waals surface area contributed by atoms with Crippen molar-refractivity contribution < 1.29 is 9.66 Å². The maximum absolute atomic E-state index is 11.0. The fourth-order valence-corrected chi connectivity index (χ4v) is 2.03. The second kappa shape index (κ2) is 6.02. The van der Waals surface area contributed by atoms with Crippen molar-refractivity contribution in [1.29, 1.82) is 0 Å². The first kappa shape index (κ1) is 14.5. The zero-order valence-corrected chi connectivity index (χ0v) is 12.3. The molecule has 6 heteroatoms. The Labute approximate surface area is 124 Å². The van der Waals surface area contributed by atoms with Crippen molar-refractivity contribution >= 4 is 21.6 Å². The summed E-state index contributed by atoms with van der Waals surface area (Å²) in [5.41, 5.74) is 6.65. The van der Waals surface area contributed by atoms with Gasteiger partial charge in [-0.25, -0.2) is 0 Å². The first-order chi connectivity index (χ1) is 9.47. The summed E-state index contributed by atoms with van der Waals surface area (Å²) in [6.07, 6.45) is 0. The van der Waals surface area contributed by atoms with Crippen molar-refractivity contribution in [3.63, 3.8) is 0 Å². The summed E-state index contributed by atoms with van der Waals surface area (Å²) in [7, 11) is 0. The number of hydrogen-bond donors (Lipinski definition) is 1. The summed E-state index contributed by atoms with van der Waals surface area (Å²) >= 11 is 3.20. The zero-order valence-electron chi connectivity index (χ0n) is 10.7. The lowest BCUT2D eigenvalue weighted by atomic mass is 10.1. The van der Waals surface area contributed by atoms with Crippen LogP contribution in [-0.4, -0.2) is 4.92 Å². The topological polar surface area (TPSA) is 78.4 Å². The number of hydrogen-bond acceptors (Lipinski definition) is 4. The minimum Gasteiger partial charge on any atom is -0.450 e. The molecular weight excluding hydrogens is 324 g/mol. The second-order valence-corrected chi connectivity index (χ2v) is 5.24. The molecule has 1 atom stereocenters. The smallest absolute Gasteiger partial charge is 0.312 e. The molecule has 104 valence electrons. The van der Waals surface area contributed by atoms with E-state index in [9.17, 15) is 10.1 Å². The zero-order chi connectivity index (χ0) is 14.7. The van der Waals surface area contributed by atoms with Crippen molar-refractivity contribution in [1.82, 2.24) is 0 Å². The summed E-state index contributed by atoms with van der Waals surface area (Å²) in [5, 5.41) is 11.0. The van der Waals surface area contributed by atoms with Gasteiger partial charge in [0.15, 0.2) is 0 Å². The molecule has 0 aliphatic heterocycles. The third-order valence-corrected chi connectivity index (χ3v) is 3.24. The molecule has 2 rings (SSSR count). The van der Waals surface area contributed by atoms with E-state index in [-0.39, 0.29) is 17.5 Å². The molecule has 0 aliphatic carbocycles. The van der Waals surface area contributed by atoms with Crippen LogP contribution in [0, 0.1) is 10.1 Å². The van der Waals surface area contributed by atoms with E-state index in [1.54, 1.807) is 24.3 Å². The van der Waals surface area contributed by atoms with E-state index >= 15 is 0 Å². The molecule has 0 aromatic heterocycles. The fourth-order valence-electron chi connectivity index (χ4n) is 1.69. The molecule has 0 spiro atoms. The van der Waals surface area contributed by atoms with E-state index in [4.69, 9.17) is 10.5 Å². The van der Waals surface area contributed by atoms with Gasteiger partial charge in [-0.05, 0) is 36.8 Å².